The number of nitrogens with one attached hydrogen (secondary N) is 1. The summed E-state index contributed by atoms with van der Waals surface area (Å²) in [6, 6.07) is 3.68. The number of hydrogen-bond acceptors (Lipinski definition) is 3. The fourth-order valence-corrected chi connectivity index (χ4v) is 2.44. The molecule has 88 valence electrons. The van der Waals surface area contributed by atoms with Crippen LogP contribution in [-0.4, -0.2) is 24.9 Å². The zero-order valence-electron chi connectivity index (χ0n) is 8.67. The Morgan fingerprint density at radius 1 is 1.44 bits per heavy atom. The predicted molar refractivity (Wildman–Crippen MR) is 64.4 cm³/mol. The average Bonchev–Trinajstić information content (AvgIpc) is 2.26. The molecule has 1 aromatic carbocycles. The van der Waals surface area contributed by atoms with Crippen LogP contribution in [0.3, 0.4) is 0 Å². The highest BCUT2D eigenvalue weighted by molar-refractivity contribution is 6.35. The third-order valence-electron chi connectivity index (χ3n) is 2.57. The van der Waals surface area contributed by atoms with Crippen molar-refractivity contribution in [2.24, 2.45) is 0 Å². The number of fused-ring (bicyclic) bond motifs is 1. The Labute approximate surface area is 104 Å². The number of ether oxygens (including phenoxy) is 1. The SMILES string of the molecule is OCCNC1CCOc2c(Cl)cc(Cl)cc21. The Morgan fingerprint density at radius 2 is 2.25 bits per heavy atom. The van der Waals surface area contributed by atoms with Crippen LogP contribution in [0.2, 0.25) is 10.0 Å². The Hall–Kier alpha value is -0.480. The first-order chi connectivity index (χ1) is 7.72. The van der Waals surface area contributed by atoms with Gasteiger partial charge >= 0.3 is 0 Å². The van der Waals surface area contributed by atoms with E-state index in [-0.39, 0.29) is 12.6 Å². The maximum absolute atomic E-state index is 8.81. The second-order valence-corrected chi connectivity index (χ2v) is 4.52. The van der Waals surface area contributed by atoms with Crippen molar-refractivity contribution in [1.82, 2.24) is 5.32 Å². The summed E-state index contributed by atoms with van der Waals surface area (Å²) in [5.74, 6) is 0.702. The summed E-state index contributed by atoms with van der Waals surface area (Å²) in [5.41, 5.74) is 0.970. The molecule has 0 spiro atoms. The highest BCUT2D eigenvalue weighted by Crippen LogP contribution is 2.39. The van der Waals surface area contributed by atoms with E-state index < -0.39 is 0 Å². The Kier molecular flexibility index (Phi) is 3.92. The molecular formula is C11H13Cl2NO2. The van der Waals surface area contributed by atoms with Gasteiger partial charge in [-0.1, -0.05) is 23.2 Å². The van der Waals surface area contributed by atoms with Crippen LogP contribution in [-0.2, 0) is 0 Å². The van der Waals surface area contributed by atoms with Crippen LogP contribution in [0, 0.1) is 0 Å². The number of aliphatic hydroxyl groups is 1. The van der Waals surface area contributed by atoms with Gasteiger partial charge in [0.1, 0.15) is 5.75 Å². The van der Waals surface area contributed by atoms with E-state index in [2.05, 4.69) is 5.32 Å². The molecule has 0 saturated heterocycles. The fourth-order valence-electron chi connectivity index (χ4n) is 1.88. The van der Waals surface area contributed by atoms with Crippen LogP contribution in [0.4, 0.5) is 0 Å². The highest BCUT2D eigenvalue weighted by atomic mass is 35.5. The van der Waals surface area contributed by atoms with Gasteiger partial charge in [0.05, 0.1) is 18.2 Å². The molecule has 16 heavy (non-hydrogen) atoms. The number of hydrogen-bond donors (Lipinski definition) is 2. The standard InChI is InChI=1S/C11H13Cl2NO2/c12-7-5-8-10(14-2-3-15)1-4-16-11(8)9(13)6-7/h5-6,10,14-15H,1-4H2. The molecule has 1 unspecified atom stereocenters. The molecule has 1 aromatic rings. The van der Waals surface area contributed by atoms with Gasteiger partial charge < -0.3 is 15.2 Å². The van der Waals surface area contributed by atoms with Gasteiger partial charge in [-0.05, 0) is 12.1 Å². The topological polar surface area (TPSA) is 41.5 Å². The van der Waals surface area contributed by atoms with Crippen molar-refractivity contribution in [3.63, 3.8) is 0 Å². The summed E-state index contributed by atoms with van der Waals surface area (Å²) < 4.78 is 5.53. The second kappa shape index (κ2) is 5.23. The summed E-state index contributed by atoms with van der Waals surface area (Å²) in [6.45, 7) is 1.28. The molecule has 2 rings (SSSR count). The van der Waals surface area contributed by atoms with Crippen LogP contribution >= 0.6 is 23.2 Å². The van der Waals surface area contributed by atoms with Crippen molar-refractivity contribution in [3.05, 3.63) is 27.7 Å². The summed E-state index contributed by atoms with van der Waals surface area (Å²) in [7, 11) is 0. The number of halogens is 2. The van der Waals surface area contributed by atoms with E-state index in [1.54, 1.807) is 6.07 Å². The van der Waals surface area contributed by atoms with Gasteiger partial charge in [0, 0.05) is 29.6 Å². The lowest BCUT2D eigenvalue weighted by Gasteiger charge is -2.27. The lowest BCUT2D eigenvalue weighted by molar-refractivity contribution is 0.237. The Balaban J connectivity index is 2.30. The van der Waals surface area contributed by atoms with Crippen LogP contribution < -0.4 is 10.1 Å². The third-order valence-corrected chi connectivity index (χ3v) is 3.07. The molecule has 1 heterocycles. The van der Waals surface area contributed by atoms with Crippen LogP contribution in [0.25, 0.3) is 0 Å². The maximum atomic E-state index is 8.81. The zero-order valence-corrected chi connectivity index (χ0v) is 10.2. The van der Waals surface area contributed by atoms with E-state index in [1.807, 2.05) is 6.07 Å². The van der Waals surface area contributed by atoms with E-state index in [0.29, 0.717) is 28.9 Å². The molecular weight excluding hydrogens is 249 g/mol. The minimum absolute atomic E-state index is 0.112. The quantitative estimate of drug-likeness (QED) is 0.878. The first kappa shape index (κ1) is 12.0. The molecule has 3 nitrogen and oxygen atoms in total. The van der Waals surface area contributed by atoms with E-state index >= 15 is 0 Å². The zero-order chi connectivity index (χ0) is 11.5. The first-order valence-electron chi connectivity index (χ1n) is 5.18. The van der Waals surface area contributed by atoms with Gasteiger partial charge in [-0.25, -0.2) is 0 Å². The van der Waals surface area contributed by atoms with Crippen LogP contribution in [0.15, 0.2) is 12.1 Å². The van der Waals surface area contributed by atoms with Crippen molar-refractivity contribution in [2.45, 2.75) is 12.5 Å². The van der Waals surface area contributed by atoms with E-state index in [0.717, 1.165) is 12.0 Å². The lowest BCUT2D eigenvalue weighted by atomic mass is 10.0. The molecule has 0 radical (unpaired) electrons. The predicted octanol–water partition coefficient (Wildman–Crippen LogP) is 2.40. The van der Waals surface area contributed by atoms with E-state index in [4.69, 9.17) is 33.0 Å². The largest absolute Gasteiger partial charge is 0.492 e. The summed E-state index contributed by atoms with van der Waals surface area (Å²) in [5, 5.41) is 13.2. The second-order valence-electron chi connectivity index (χ2n) is 3.67. The summed E-state index contributed by atoms with van der Waals surface area (Å²) in [4.78, 5) is 0. The first-order valence-corrected chi connectivity index (χ1v) is 5.94. The maximum Gasteiger partial charge on any atom is 0.142 e. The van der Waals surface area contributed by atoms with Gasteiger partial charge in [-0.15, -0.1) is 0 Å². The molecule has 2 N–H and O–H groups in total. The van der Waals surface area contributed by atoms with Gasteiger partial charge in [0.25, 0.3) is 0 Å². The Morgan fingerprint density at radius 3 is 3.00 bits per heavy atom. The molecule has 1 aliphatic heterocycles. The van der Waals surface area contributed by atoms with Gasteiger partial charge in [-0.3, -0.25) is 0 Å². The summed E-state index contributed by atoms with van der Waals surface area (Å²) in [6.07, 6.45) is 0.851. The third kappa shape index (κ3) is 2.43. The van der Waals surface area contributed by atoms with E-state index in [1.165, 1.54) is 0 Å². The van der Waals surface area contributed by atoms with E-state index in [9.17, 15) is 0 Å². The molecule has 0 saturated carbocycles. The van der Waals surface area contributed by atoms with Crippen molar-refractivity contribution in [1.29, 1.82) is 0 Å². The molecule has 0 aliphatic carbocycles. The molecule has 0 fully saturated rings. The minimum Gasteiger partial charge on any atom is -0.492 e. The van der Waals surface area contributed by atoms with Crippen molar-refractivity contribution < 1.29 is 9.84 Å². The van der Waals surface area contributed by atoms with Crippen molar-refractivity contribution >= 4 is 23.2 Å². The Bertz CT molecular complexity index is 384. The number of rotatable bonds is 3. The van der Waals surface area contributed by atoms with Crippen molar-refractivity contribution in [2.75, 3.05) is 19.8 Å². The normalized spacial score (nSPS) is 19.1. The molecule has 0 aromatic heterocycles. The fraction of sp³-hybridized carbons (Fsp3) is 0.455. The molecule has 1 aliphatic rings. The molecule has 0 amide bonds. The molecule has 5 heteroatoms. The van der Waals surface area contributed by atoms with Crippen LogP contribution in [0.5, 0.6) is 5.75 Å². The van der Waals surface area contributed by atoms with Gasteiger partial charge in [0.15, 0.2) is 0 Å². The molecule has 0 bridgehead atoms. The lowest BCUT2D eigenvalue weighted by Crippen LogP contribution is -2.29. The smallest absolute Gasteiger partial charge is 0.142 e. The van der Waals surface area contributed by atoms with Gasteiger partial charge in [-0.2, -0.15) is 0 Å². The highest BCUT2D eigenvalue weighted by Gasteiger charge is 2.23. The molecule has 1 atom stereocenters. The summed E-state index contributed by atoms with van der Waals surface area (Å²) >= 11 is 12.0. The van der Waals surface area contributed by atoms with Gasteiger partial charge in [0.2, 0.25) is 0 Å². The van der Waals surface area contributed by atoms with Crippen LogP contribution in [0.1, 0.15) is 18.0 Å². The number of benzene rings is 1. The van der Waals surface area contributed by atoms with Crippen molar-refractivity contribution in [3.8, 4) is 5.75 Å². The minimum atomic E-state index is 0.112. The monoisotopic (exact) mass is 261 g/mol. The average molecular weight is 262 g/mol. The number of aliphatic hydroxyl groups excluding tert-OH is 1.